The van der Waals surface area contributed by atoms with E-state index in [1.807, 2.05) is 4.90 Å². The Labute approximate surface area is 180 Å². The number of benzene rings is 1. The Kier molecular flexibility index (Phi) is 5.72. The highest BCUT2D eigenvalue weighted by atomic mass is 16.5. The first-order valence-corrected chi connectivity index (χ1v) is 11.9. The molecule has 1 unspecified atom stereocenters. The monoisotopic (exact) mass is 409 g/mol. The van der Waals surface area contributed by atoms with Crippen molar-refractivity contribution in [3.05, 3.63) is 30.5 Å². The molecule has 1 aromatic carbocycles. The zero-order valence-corrected chi connectivity index (χ0v) is 18.3. The highest BCUT2D eigenvalue weighted by Gasteiger charge is 2.28. The molecule has 2 aromatic rings. The van der Waals surface area contributed by atoms with Gasteiger partial charge in [-0.2, -0.15) is 0 Å². The number of likely N-dealkylation sites (tertiary alicyclic amines) is 2. The van der Waals surface area contributed by atoms with Gasteiger partial charge in [-0.05, 0) is 56.2 Å². The lowest BCUT2D eigenvalue weighted by Gasteiger charge is -2.33. The first-order chi connectivity index (χ1) is 14.7. The number of hydrogen-bond acceptors (Lipinski definition) is 3. The van der Waals surface area contributed by atoms with E-state index in [4.69, 9.17) is 4.74 Å². The lowest BCUT2D eigenvalue weighted by Crippen LogP contribution is -2.41. The second kappa shape index (κ2) is 8.62. The van der Waals surface area contributed by atoms with E-state index in [0.29, 0.717) is 18.1 Å². The van der Waals surface area contributed by atoms with Crippen LogP contribution in [0, 0.1) is 5.92 Å². The third-order valence-electron chi connectivity index (χ3n) is 7.52. The Hall–Kier alpha value is -2.01. The molecule has 1 atom stereocenters. The Balaban J connectivity index is 1.17. The summed E-state index contributed by atoms with van der Waals surface area (Å²) in [5.74, 6) is 1.91. The minimum absolute atomic E-state index is 0.223. The average Bonchev–Trinajstić information content (AvgIpc) is 3.50. The molecule has 1 saturated carbocycles. The van der Waals surface area contributed by atoms with Crippen LogP contribution in [0.2, 0.25) is 0 Å². The number of carbonyl (C=O) groups excluding carboxylic acids is 1. The van der Waals surface area contributed by atoms with Gasteiger partial charge in [0.1, 0.15) is 11.9 Å². The van der Waals surface area contributed by atoms with Gasteiger partial charge in [-0.15, -0.1) is 0 Å². The fourth-order valence-electron chi connectivity index (χ4n) is 5.79. The van der Waals surface area contributed by atoms with Gasteiger partial charge in [0.15, 0.2) is 0 Å². The van der Waals surface area contributed by atoms with Crippen molar-refractivity contribution in [2.24, 2.45) is 5.92 Å². The minimum atomic E-state index is 0.223. The van der Waals surface area contributed by atoms with E-state index in [2.05, 4.69) is 39.9 Å². The third-order valence-corrected chi connectivity index (χ3v) is 7.52. The van der Waals surface area contributed by atoms with Crippen LogP contribution in [0.25, 0.3) is 10.9 Å². The second-order valence-electron chi connectivity index (χ2n) is 9.59. The van der Waals surface area contributed by atoms with Crippen LogP contribution in [0.15, 0.2) is 30.5 Å². The number of rotatable bonds is 5. The molecule has 0 spiro atoms. The topological polar surface area (TPSA) is 37.7 Å². The van der Waals surface area contributed by atoms with Crippen molar-refractivity contribution in [2.75, 3.05) is 32.7 Å². The maximum atomic E-state index is 11.6. The van der Waals surface area contributed by atoms with Crippen LogP contribution in [0.4, 0.5) is 0 Å². The molecule has 0 bridgehead atoms. The molecule has 1 amide bonds. The summed E-state index contributed by atoms with van der Waals surface area (Å²) in [7, 11) is 0. The summed E-state index contributed by atoms with van der Waals surface area (Å²) in [5, 5.41) is 1.27. The molecule has 5 nitrogen and oxygen atoms in total. The van der Waals surface area contributed by atoms with E-state index in [1.54, 1.807) is 6.92 Å². The number of aromatic nitrogens is 1. The maximum absolute atomic E-state index is 11.6. The van der Waals surface area contributed by atoms with Crippen molar-refractivity contribution in [1.29, 1.82) is 0 Å². The highest BCUT2D eigenvalue weighted by Crippen LogP contribution is 2.36. The molecule has 0 N–H and O–H groups in total. The van der Waals surface area contributed by atoms with E-state index in [-0.39, 0.29) is 5.91 Å². The van der Waals surface area contributed by atoms with Crippen LogP contribution in [-0.4, -0.2) is 59.1 Å². The van der Waals surface area contributed by atoms with Crippen molar-refractivity contribution >= 4 is 16.8 Å². The Morgan fingerprint density at radius 3 is 2.57 bits per heavy atom. The van der Waals surface area contributed by atoms with E-state index in [0.717, 1.165) is 57.7 Å². The normalized spacial score (nSPS) is 24.2. The van der Waals surface area contributed by atoms with Crippen LogP contribution in [0.1, 0.15) is 57.9 Å². The van der Waals surface area contributed by atoms with Gasteiger partial charge in [0.2, 0.25) is 5.91 Å². The van der Waals surface area contributed by atoms with Crippen molar-refractivity contribution in [3.63, 3.8) is 0 Å². The van der Waals surface area contributed by atoms with E-state index in [1.165, 1.54) is 36.6 Å². The molecule has 5 heteroatoms. The smallest absolute Gasteiger partial charge is 0.219 e. The molecule has 1 aromatic heterocycles. The summed E-state index contributed by atoms with van der Waals surface area (Å²) >= 11 is 0. The Bertz CT molecular complexity index is 878. The number of piperidine rings is 1. The lowest BCUT2D eigenvalue weighted by atomic mass is 10.0. The number of nitrogens with zero attached hydrogens (tertiary/aromatic N) is 3. The van der Waals surface area contributed by atoms with Crippen LogP contribution in [0.5, 0.6) is 5.75 Å². The summed E-state index contributed by atoms with van der Waals surface area (Å²) in [5.41, 5.74) is 1.33. The molecular formula is C25H35N3O2. The average molecular weight is 410 g/mol. The Morgan fingerprint density at radius 1 is 1.03 bits per heavy atom. The maximum Gasteiger partial charge on any atom is 0.219 e. The molecular weight excluding hydrogens is 374 g/mol. The lowest BCUT2D eigenvalue weighted by molar-refractivity contribution is -0.127. The number of fused-ring (bicyclic) bond motifs is 1. The fraction of sp³-hybridized carbons (Fsp3) is 0.640. The van der Waals surface area contributed by atoms with E-state index in [9.17, 15) is 4.79 Å². The molecule has 162 valence electrons. The molecule has 3 heterocycles. The third kappa shape index (κ3) is 4.09. The summed E-state index contributed by atoms with van der Waals surface area (Å²) in [6, 6.07) is 9.45. The van der Waals surface area contributed by atoms with Crippen LogP contribution < -0.4 is 4.74 Å². The molecule has 3 fully saturated rings. The predicted octanol–water partition coefficient (Wildman–Crippen LogP) is 4.47. The summed E-state index contributed by atoms with van der Waals surface area (Å²) in [4.78, 5) is 16.1. The first kappa shape index (κ1) is 19.9. The number of ether oxygens (including phenoxy) is 1. The summed E-state index contributed by atoms with van der Waals surface area (Å²) < 4.78 is 8.99. The quantitative estimate of drug-likeness (QED) is 0.731. The van der Waals surface area contributed by atoms with Gasteiger partial charge in [-0.1, -0.05) is 18.9 Å². The molecule has 2 saturated heterocycles. The van der Waals surface area contributed by atoms with Gasteiger partial charge < -0.3 is 19.1 Å². The summed E-state index contributed by atoms with van der Waals surface area (Å²) in [6.07, 6.45) is 11.2. The largest absolute Gasteiger partial charge is 0.490 e. The second-order valence-corrected chi connectivity index (χ2v) is 9.59. The molecule has 30 heavy (non-hydrogen) atoms. The molecule has 1 aliphatic carbocycles. The molecule has 3 aliphatic rings. The number of amides is 1. The zero-order valence-electron chi connectivity index (χ0n) is 18.3. The fourth-order valence-corrected chi connectivity index (χ4v) is 5.79. The van der Waals surface area contributed by atoms with Gasteiger partial charge in [0, 0.05) is 57.3 Å². The zero-order chi connectivity index (χ0) is 20.5. The van der Waals surface area contributed by atoms with Crippen molar-refractivity contribution in [3.8, 4) is 5.75 Å². The summed E-state index contributed by atoms with van der Waals surface area (Å²) in [6.45, 7) is 6.88. The first-order valence-electron chi connectivity index (χ1n) is 11.9. The van der Waals surface area contributed by atoms with Gasteiger partial charge in [-0.25, -0.2) is 0 Å². The standard InChI is InChI=1S/C25H35N3O2/c1-19(29)27-15-9-20(18-27)17-26-13-10-22(11-14-26)30-25-8-4-7-24-23(25)12-16-28(24)21-5-2-3-6-21/h4,7-8,12,16,20-22H,2-3,5-6,9-11,13-15,17-18H2,1H3. The van der Waals surface area contributed by atoms with Gasteiger partial charge >= 0.3 is 0 Å². The SMILES string of the molecule is CC(=O)N1CCC(CN2CCC(Oc3cccc4c3ccn4C3CCCC3)CC2)C1. The Morgan fingerprint density at radius 2 is 1.83 bits per heavy atom. The van der Waals surface area contributed by atoms with E-state index < -0.39 is 0 Å². The van der Waals surface area contributed by atoms with Crippen molar-refractivity contribution in [2.45, 2.75) is 64.0 Å². The molecule has 2 aliphatic heterocycles. The van der Waals surface area contributed by atoms with E-state index >= 15 is 0 Å². The minimum Gasteiger partial charge on any atom is -0.490 e. The van der Waals surface area contributed by atoms with Crippen molar-refractivity contribution < 1.29 is 9.53 Å². The highest BCUT2D eigenvalue weighted by molar-refractivity contribution is 5.86. The van der Waals surface area contributed by atoms with Crippen LogP contribution in [0.3, 0.4) is 0 Å². The van der Waals surface area contributed by atoms with Gasteiger partial charge in [0.25, 0.3) is 0 Å². The van der Waals surface area contributed by atoms with Gasteiger partial charge in [0.05, 0.1) is 5.52 Å². The van der Waals surface area contributed by atoms with Crippen molar-refractivity contribution in [1.82, 2.24) is 14.4 Å². The van der Waals surface area contributed by atoms with Crippen LogP contribution in [-0.2, 0) is 4.79 Å². The molecule has 0 radical (unpaired) electrons. The van der Waals surface area contributed by atoms with Gasteiger partial charge in [-0.3, -0.25) is 4.79 Å². The number of hydrogen-bond donors (Lipinski definition) is 0. The predicted molar refractivity (Wildman–Crippen MR) is 120 cm³/mol. The number of carbonyl (C=O) groups is 1. The molecule has 5 rings (SSSR count). The van der Waals surface area contributed by atoms with Crippen LogP contribution >= 0.6 is 0 Å².